The first-order valence-corrected chi connectivity index (χ1v) is 6.61. The molecule has 0 fully saturated rings. The molecule has 21 heavy (non-hydrogen) atoms. The Balaban J connectivity index is 2.48. The first-order valence-electron chi connectivity index (χ1n) is 6.23. The summed E-state index contributed by atoms with van der Waals surface area (Å²) in [6, 6.07) is 7.42. The maximum absolute atomic E-state index is 13.9. The van der Waals surface area contributed by atoms with Gasteiger partial charge in [-0.15, -0.1) is 0 Å². The van der Waals surface area contributed by atoms with Gasteiger partial charge in [0, 0.05) is 28.6 Å². The average molecular weight is 316 g/mol. The average Bonchev–Trinajstić information content (AvgIpc) is 2.45. The summed E-state index contributed by atoms with van der Waals surface area (Å²) in [6.07, 6.45) is -1.51. The molecule has 0 aliphatic heterocycles. The summed E-state index contributed by atoms with van der Waals surface area (Å²) in [5.74, 6) is -3.93. The van der Waals surface area contributed by atoms with Crippen LogP contribution in [0.15, 0.2) is 36.4 Å². The van der Waals surface area contributed by atoms with Gasteiger partial charge in [0.25, 0.3) is 0 Å². The molecule has 0 amide bonds. The van der Waals surface area contributed by atoms with Crippen LogP contribution in [0, 0.1) is 17.5 Å². The number of nitrogens with two attached hydrogens (primary N) is 1. The van der Waals surface area contributed by atoms with E-state index in [1.807, 2.05) is 0 Å². The van der Waals surface area contributed by atoms with E-state index in [9.17, 15) is 18.3 Å². The fourth-order valence-corrected chi connectivity index (χ4v) is 2.54. The molecule has 0 saturated heterocycles. The van der Waals surface area contributed by atoms with Crippen LogP contribution in [0.3, 0.4) is 0 Å². The van der Waals surface area contributed by atoms with Gasteiger partial charge in [-0.3, -0.25) is 0 Å². The highest BCUT2D eigenvalue weighted by atomic mass is 35.5. The van der Waals surface area contributed by atoms with E-state index >= 15 is 0 Å². The third-order valence-corrected chi connectivity index (χ3v) is 3.64. The van der Waals surface area contributed by atoms with Crippen molar-refractivity contribution in [2.45, 2.75) is 12.0 Å². The SMILES string of the molecule is NCC(c1c(F)cccc1Cl)C(O)c1cccc(F)c1F. The molecular formula is C15H13ClF3NO. The Bertz CT molecular complexity index is 631. The number of aliphatic hydroxyl groups is 1. The molecule has 2 unspecified atom stereocenters. The van der Waals surface area contributed by atoms with Gasteiger partial charge < -0.3 is 10.8 Å². The summed E-state index contributed by atoms with van der Waals surface area (Å²) < 4.78 is 40.9. The van der Waals surface area contributed by atoms with Crippen molar-refractivity contribution in [1.29, 1.82) is 0 Å². The van der Waals surface area contributed by atoms with Gasteiger partial charge in [0.2, 0.25) is 0 Å². The highest BCUT2D eigenvalue weighted by Gasteiger charge is 2.29. The summed E-state index contributed by atoms with van der Waals surface area (Å²) in [6.45, 7) is -0.183. The summed E-state index contributed by atoms with van der Waals surface area (Å²) in [5, 5.41) is 10.3. The molecule has 0 aromatic heterocycles. The van der Waals surface area contributed by atoms with Crippen LogP contribution >= 0.6 is 11.6 Å². The van der Waals surface area contributed by atoms with Crippen molar-refractivity contribution in [1.82, 2.24) is 0 Å². The first kappa shape index (κ1) is 15.8. The first-order chi connectivity index (χ1) is 9.97. The standard InChI is InChI=1S/C15H13ClF3NO/c16-10-4-2-5-11(17)13(10)9(7-20)15(21)8-3-1-6-12(18)14(8)19/h1-6,9,15,21H,7,20H2. The lowest BCUT2D eigenvalue weighted by Crippen LogP contribution is -2.22. The molecule has 3 N–H and O–H groups in total. The molecule has 0 aliphatic rings. The molecule has 2 atom stereocenters. The van der Waals surface area contributed by atoms with Crippen molar-refractivity contribution in [2.75, 3.05) is 6.54 Å². The van der Waals surface area contributed by atoms with E-state index in [0.717, 1.165) is 6.07 Å². The van der Waals surface area contributed by atoms with Crippen LogP contribution in [0.2, 0.25) is 5.02 Å². The van der Waals surface area contributed by atoms with Gasteiger partial charge in [-0.2, -0.15) is 0 Å². The van der Waals surface area contributed by atoms with Crippen LogP contribution < -0.4 is 5.73 Å². The predicted octanol–water partition coefficient (Wildman–Crippen LogP) is 3.53. The number of rotatable bonds is 4. The minimum absolute atomic E-state index is 0.0159. The molecule has 6 heteroatoms. The molecule has 2 rings (SSSR count). The van der Waals surface area contributed by atoms with E-state index in [1.165, 1.54) is 30.3 Å². The van der Waals surface area contributed by atoms with Gasteiger partial charge in [-0.1, -0.05) is 29.8 Å². The fraction of sp³-hybridized carbons (Fsp3) is 0.200. The van der Waals surface area contributed by atoms with Crippen LogP contribution in [-0.2, 0) is 0 Å². The van der Waals surface area contributed by atoms with Crippen molar-refractivity contribution >= 4 is 11.6 Å². The van der Waals surface area contributed by atoms with E-state index < -0.39 is 29.5 Å². The number of halogens is 4. The quantitative estimate of drug-likeness (QED) is 0.906. The van der Waals surface area contributed by atoms with E-state index in [1.54, 1.807) is 0 Å². The Morgan fingerprint density at radius 2 is 1.67 bits per heavy atom. The van der Waals surface area contributed by atoms with Crippen molar-refractivity contribution in [2.24, 2.45) is 5.73 Å². The monoisotopic (exact) mass is 315 g/mol. The van der Waals surface area contributed by atoms with Gasteiger partial charge in [-0.05, 0) is 18.2 Å². The Morgan fingerprint density at radius 1 is 1.05 bits per heavy atom. The zero-order valence-corrected chi connectivity index (χ0v) is 11.6. The van der Waals surface area contributed by atoms with Crippen molar-refractivity contribution in [3.63, 3.8) is 0 Å². The lowest BCUT2D eigenvalue weighted by molar-refractivity contribution is 0.140. The van der Waals surface area contributed by atoms with Crippen LogP contribution in [0.5, 0.6) is 0 Å². The number of hydrogen-bond acceptors (Lipinski definition) is 2. The van der Waals surface area contributed by atoms with Crippen LogP contribution in [-0.4, -0.2) is 11.7 Å². The normalized spacial score (nSPS) is 14.0. The van der Waals surface area contributed by atoms with Gasteiger partial charge in [-0.25, -0.2) is 13.2 Å². The summed E-state index contributed by atoms with van der Waals surface area (Å²) in [7, 11) is 0. The lowest BCUT2D eigenvalue weighted by Gasteiger charge is -2.24. The number of hydrogen-bond donors (Lipinski definition) is 2. The maximum Gasteiger partial charge on any atom is 0.164 e. The third kappa shape index (κ3) is 3.05. The number of benzene rings is 2. The highest BCUT2D eigenvalue weighted by Crippen LogP contribution is 2.36. The molecule has 0 saturated carbocycles. The van der Waals surface area contributed by atoms with E-state index in [4.69, 9.17) is 17.3 Å². The molecule has 0 heterocycles. The molecule has 0 spiro atoms. The van der Waals surface area contributed by atoms with Gasteiger partial charge in [0.15, 0.2) is 11.6 Å². The Hall–Kier alpha value is -1.56. The second-order valence-electron chi connectivity index (χ2n) is 4.57. The highest BCUT2D eigenvalue weighted by molar-refractivity contribution is 6.31. The molecule has 2 aromatic rings. The van der Waals surface area contributed by atoms with Crippen LogP contribution in [0.4, 0.5) is 13.2 Å². The topological polar surface area (TPSA) is 46.2 Å². The smallest absolute Gasteiger partial charge is 0.164 e. The largest absolute Gasteiger partial charge is 0.388 e. The molecule has 112 valence electrons. The van der Waals surface area contributed by atoms with Gasteiger partial charge in [0.05, 0.1) is 6.10 Å². The fourth-order valence-electron chi connectivity index (χ4n) is 2.24. The summed E-state index contributed by atoms with van der Waals surface area (Å²) in [5.41, 5.74) is 5.26. The Kier molecular flexibility index (Phi) is 4.88. The molecule has 0 radical (unpaired) electrons. The second-order valence-corrected chi connectivity index (χ2v) is 4.97. The Morgan fingerprint density at radius 3 is 2.29 bits per heavy atom. The Labute approximate surface area is 125 Å². The summed E-state index contributed by atoms with van der Waals surface area (Å²) in [4.78, 5) is 0. The van der Waals surface area contributed by atoms with E-state index in [0.29, 0.717) is 0 Å². The van der Waals surface area contributed by atoms with Gasteiger partial charge >= 0.3 is 0 Å². The number of aliphatic hydroxyl groups excluding tert-OH is 1. The lowest BCUT2D eigenvalue weighted by atomic mass is 9.88. The molecular weight excluding hydrogens is 303 g/mol. The molecule has 0 aliphatic carbocycles. The predicted molar refractivity (Wildman–Crippen MR) is 74.5 cm³/mol. The minimum atomic E-state index is -1.51. The van der Waals surface area contributed by atoms with Crippen molar-refractivity contribution < 1.29 is 18.3 Å². The van der Waals surface area contributed by atoms with Crippen molar-refractivity contribution in [3.8, 4) is 0 Å². The van der Waals surface area contributed by atoms with Crippen molar-refractivity contribution in [3.05, 3.63) is 70.0 Å². The zero-order chi connectivity index (χ0) is 15.6. The van der Waals surface area contributed by atoms with E-state index in [2.05, 4.69) is 0 Å². The second kappa shape index (κ2) is 6.47. The van der Waals surface area contributed by atoms with Gasteiger partial charge in [0.1, 0.15) is 5.82 Å². The third-order valence-electron chi connectivity index (χ3n) is 3.31. The van der Waals surface area contributed by atoms with Crippen LogP contribution in [0.25, 0.3) is 0 Å². The maximum atomic E-state index is 13.9. The van der Waals surface area contributed by atoms with E-state index in [-0.39, 0.29) is 22.7 Å². The molecule has 2 nitrogen and oxygen atoms in total. The molecule has 2 aromatic carbocycles. The minimum Gasteiger partial charge on any atom is -0.388 e. The summed E-state index contributed by atoms with van der Waals surface area (Å²) >= 11 is 5.93. The van der Waals surface area contributed by atoms with Crippen LogP contribution in [0.1, 0.15) is 23.1 Å². The zero-order valence-electron chi connectivity index (χ0n) is 10.9. The molecule has 0 bridgehead atoms.